The van der Waals surface area contributed by atoms with E-state index in [-0.39, 0.29) is 18.1 Å². The van der Waals surface area contributed by atoms with Crippen molar-refractivity contribution in [2.24, 2.45) is 0 Å². The minimum Gasteiger partial charge on any atom is -0.336 e. The van der Waals surface area contributed by atoms with Crippen LogP contribution < -0.4 is 10.6 Å². The summed E-state index contributed by atoms with van der Waals surface area (Å²) >= 11 is 0. The van der Waals surface area contributed by atoms with Crippen molar-refractivity contribution in [1.29, 1.82) is 0 Å². The predicted molar refractivity (Wildman–Crippen MR) is 75.8 cm³/mol. The van der Waals surface area contributed by atoms with Crippen molar-refractivity contribution in [3.63, 3.8) is 0 Å². The van der Waals surface area contributed by atoms with Gasteiger partial charge in [0.25, 0.3) is 0 Å². The monoisotopic (exact) mass is 248 g/mol. The maximum Gasteiger partial charge on any atom is 0.315 e. The number of hydrogen-bond acceptors (Lipinski definition) is 1. The third-order valence-electron chi connectivity index (χ3n) is 3.23. The van der Waals surface area contributed by atoms with Crippen LogP contribution in [-0.4, -0.2) is 12.1 Å². The Balaban J connectivity index is 2.64. The largest absolute Gasteiger partial charge is 0.336 e. The van der Waals surface area contributed by atoms with Crippen LogP contribution in [0.2, 0.25) is 0 Å². The molecule has 18 heavy (non-hydrogen) atoms. The van der Waals surface area contributed by atoms with E-state index in [2.05, 4.69) is 49.6 Å². The molecule has 0 aromatic heterocycles. The number of carbonyl (C=O) groups is 1. The molecule has 2 atom stereocenters. The summed E-state index contributed by atoms with van der Waals surface area (Å²) in [5.74, 6) is 0. The number of nitrogens with one attached hydrogen (secondary N) is 2. The fourth-order valence-corrected chi connectivity index (χ4v) is 1.95. The van der Waals surface area contributed by atoms with Crippen molar-refractivity contribution < 1.29 is 4.79 Å². The van der Waals surface area contributed by atoms with Gasteiger partial charge in [0.1, 0.15) is 0 Å². The van der Waals surface area contributed by atoms with Crippen molar-refractivity contribution in [2.75, 3.05) is 0 Å². The molecule has 1 aromatic carbocycles. The molecule has 2 amide bonds. The SMILES string of the molecule is CC[C@H](C)NC(=O)N[C@H](C)c1ccc(C)cc1C. The highest BCUT2D eigenvalue weighted by molar-refractivity contribution is 5.74. The molecule has 2 N–H and O–H groups in total. The Kier molecular flexibility index (Phi) is 5.20. The number of amides is 2. The lowest BCUT2D eigenvalue weighted by molar-refractivity contribution is 0.234. The lowest BCUT2D eigenvalue weighted by Gasteiger charge is -2.19. The molecule has 0 aliphatic heterocycles. The molecule has 0 aliphatic rings. The maximum atomic E-state index is 11.8. The summed E-state index contributed by atoms with van der Waals surface area (Å²) in [5, 5.41) is 5.88. The standard InChI is InChI=1S/C15H24N2O/c1-6-12(4)16-15(18)17-13(5)14-8-7-10(2)9-11(14)3/h7-9,12-13H,6H2,1-5H3,(H2,16,17,18)/t12-,13+/m0/s1. The van der Waals surface area contributed by atoms with Crippen molar-refractivity contribution in [3.05, 3.63) is 34.9 Å². The molecule has 0 spiro atoms. The first-order chi connectivity index (χ1) is 8.43. The smallest absolute Gasteiger partial charge is 0.315 e. The second kappa shape index (κ2) is 6.43. The molecule has 3 heteroatoms. The second-order valence-electron chi connectivity index (χ2n) is 5.01. The van der Waals surface area contributed by atoms with E-state index in [1.165, 1.54) is 16.7 Å². The summed E-state index contributed by atoms with van der Waals surface area (Å²) in [5.41, 5.74) is 3.62. The van der Waals surface area contributed by atoms with Crippen molar-refractivity contribution >= 4 is 6.03 Å². The number of urea groups is 1. The van der Waals surface area contributed by atoms with E-state index < -0.39 is 0 Å². The van der Waals surface area contributed by atoms with Crippen LogP contribution in [0.3, 0.4) is 0 Å². The Labute approximate surface area is 110 Å². The molecule has 0 aliphatic carbocycles. The van der Waals surface area contributed by atoms with Crippen LogP contribution in [0.15, 0.2) is 18.2 Å². The number of aryl methyl sites for hydroxylation is 2. The zero-order chi connectivity index (χ0) is 13.7. The fraction of sp³-hybridized carbons (Fsp3) is 0.533. The summed E-state index contributed by atoms with van der Waals surface area (Å²) < 4.78 is 0. The Hall–Kier alpha value is -1.51. The normalized spacial score (nSPS) is 13.8. The Bertz CT molecular complexity index is 415. The lowest BCUT2D eigenvalue weighted by Crippen LogP contribution is -2.41. The molecule has 0 unspecified atom stereocenters. The quantitative estimate of drug-likeness (QED) is 0.841. The maximum absolute atomic E-state index is 11.8. The predicted octanol–water partition coefficient (Wildman–Crippen LogP) is 3.46. The summed E-state index contributed by atoms with van der Waals surface area (Å²) in [6, 6.07) is 6.43. The van der Waals surface area contributed by atoms with Gasteiger partial charge in [-0.3, -0.25) is 0 Å². The molecule has 3 nitrogen and oxygen atoms in total. The van der Waals surface area contributed by atoms with Crippen molar-refractivity contribution in [1.82, 2.24) is 10.6 Å². The van der Waals surface area contributed by atoms with Crippen LogP contribution in [0, 0.1) is 13.8 Å². The third kappa shape index (κ3) is 4.06. The van der Waals surface area contributed by atoms with Gasteiger partial charge in [0.05, 0.1) is 6.04 Å². The lowest BCUT2D eigenvalue weighted by atomic mass is 10.0. The van der Waals surface area contributed by atoms with E-state index >= 15 is 0 Å². The van der Waals surface area contributed by atoms with Gasteiger partial charge in [-0.05, 0) is 45.2 Å². The van der Waals surface area contributed by atoms with Crippen LogP contribution in [0.4, 0.5) is 4.79 Å². The van der Waals surface area contributed by atoms with Crippen LogP contribution in [0.5, 0.6) is 0 Å². The molecule has 0 saturated heterocycles. The first-order valence-electron chi connectivity index (χ1n) is 6.58. The number of benzene rings is 1. The van der Waals surface area contributed by atoms with Crippen LogP contribution >= 0.6 is 0 Å². The van der Waals surface area contributed by atoms with Crippen molar-refractivity contribution in [3.8, 4) is 0 Å². The zero-order valence-electron chi connectivity index (χ0n) is 12.0. The van der Waals surface area contributed by atoms with Gasteiger partial charge in [0, 0.05) is 6.04 Å². The number of rotatable bonds is 4. The third-order valence-corrected chi connectivity index (χ3v) is 3.23. The van der Waals surface area contributed by atoms with Crippen LogP contribution in [0.25, 0.3) is 0 Å². The van der Waals surface area contributed by atoms with Gasteiger partial charge in [-0.25, -0.2) is 4.79 Å². The average Bonchev–Trinajstić information content (AvgIpc) is 2.28. The molecular weight excluding hydrogens is 224 g/mol. The molecule has 100 valence electrons. The van der Waals surface area contributed by atoms with Gasteiger partial charge in [-0.2, -0.15) is 0 Å². The van der Waals surface area contributed by atoms with E-state index in [0.29, 0.717) is 0 Å². The van der Waals surface area contributed by atoms with Gasteiger partial charge >= 0.3 is 6.03 Å². The number of carbonyl (C=O) groups excluding carboxylic acids is 1. The Morgan fingerprint density at radius 3 is 2.44 bits per heavy atom. The molecule has 0 radical (unpaired) electrons. The van der Waals surface area contributed by atoms with E-state index in [9.17, 15) is 4.79 Å². The molecule has 0 saturated carbocycles. The topological polar surface area (TPSA) is 41.1 Å². The first kappa shape index (κ1) is 14.6. The Morgan fingerprint density at radius 2 is 1.89 bits per heavy atom. The van der Waals surface area contributed by atoms with Gasteiger partial charge in [0.15, 0.2) is 0 Å². The number of hydrogen-bond donors (Lipinski definition) is 2. The highest BCUT2D eigenvalue weighted by atomic mass is 16.2. The van der Waals surface area contributed by atoms with E-state index in [1.807, 2.05) is 13.8 Å². The molecule has 1 aromatic rings. The second-order valence-corrected chi connectivity index (χ2v) is 5.01. The Morgan fingerprint density at radius 1 is 1.22 bits per heavy atom. The van der Waals surface area contributed by atoms with E-state index in [0.717, 1.165) is 6.42 Å². The zero-order valence-corrected chi connectivity index (χ0v) is 12.0. The molecule has 0 fully saturated rings. The highest BCUT2D eigenvalue weighted by Gasteiger charge is 2.12. The van der Waals surface area contributed by atoms with Gasteiger partial charge in [-0.1, -0.05) is 30.7 Å². The molecule has 0 heterocycles. The summed E-state index contributed by atoms with van der Waals surface area (Å²) in [4.78, 5) is 11.8. The summed E-state index contributed by atoms with van der Waals surface area (Å²) in [6.07, 6.45) is 0.936. The highest BCUT2D eigenvalue weighted by Crippen LogP contribution is 2.18. The van der Waals surface area contributed by atoms with E-state index in [1.54, 1.807) is 0 Å². The average molecular weight is 248 g/mol. The first-order valence-corrected chi connectivity index (χ1v) is 6.58. The van der Waals surface area contributed by atoms with Crippen LogP contribution in [-0.2, 0) is 0 Å². The molecule has 0 bridgehead atoms. The fourth-order valence-electron chi connectivity index (χ4n) is 1.95. The summed E-state index contributed by atoms with van der Waals surface area (Å²) in [6.45, 7) is 10.2. The van der Waals surface area contributed by atoms with Gasteiger partial charge < -0.3 is 10.6 Å². The van der Waals surface area contributed by atoms with Crippen molar-refractivity contribution in [2.45, 2.75) is 53.1 Å². The van der Waals surface area contributed by atoms with Gasteiger partial charge in [0.2, 0.25) is 0 Å². The van der Waals surface area contributed by atoms with E-state index in [4.69, 9.17) is 0 Å². The molecular formula is C15H24N2O. The minimum atomic E-state index is -0.100. The van der Waals surface area contributed by atoms with Gasteiger partial charge in [-0.15, -0.1) is 0 Å². The summed E-state index contributed by atoms with van der Waals surface area (Å²) in [7, 11) is 0. The van der Waals surface area contributed by atoms with Crippen LogP contribution in [0.1, 0.15) is 49.9 Å². The molecule has 1 rings (SSSR count). The minimum absolute atomic E-state index is 0.0228.